The smallest absolute Gasteiger partial charge is 0.410 e. The Morgan fingerprint density at radius 2 is 1.85 bits per heavy atom. The van der Waals surface area contributed by atoms with Gasteiger partial charge in [-0.15, -0.1) is 0 Å². The van der Waals surface area contributed by atoms with Crippen LogP contribution in [0.1, 0.15) is 52.5 Å². The molecule has 0 saturated carbocycles. The first-order valence-electron chi connectivity index (χ1n) is 12.0. The van der Waals surface area contributed by atoms with Crippen LogP contribution in [0.5, 0.6) is 0 Å². The van der Waals surface area contributed by atoms with Gasteiger partial charge in [0, 0.05) is 36.6 Å². The Kier molecular flexibility index (Phi) is 7.27. The fraction of sp³-hybridized carbons (Fsp3) is 0.577. The van der Waals surface area contributed by atoms with Gasteiger partial charge in [0.2, 0.25) is 0 Å². The average Bonchev–Trinajstić information content (AvgIpc) is 2.73. The topological polar surface area (TPSA) is 57.5 Å². The molecule has 0 N–H and O–H groups in total. The van der Waals surface area contributed by atoms with E-state index in [1.807, 2.05) is 20.8 Å². The second-order valence-electron chi connectivity index (χ2n) is 10.2. The van der Waals surface area contributed by atoms with E-state index in [9.17, 15) is 4.79 Å². The molecule has 0 spiro atoms. The van der Waals surface area contributed by atoms with Gasteiger partial charge in [0.15, 0.2) is 5.84 Å². The molecule has 4 rings (SSSR count). The van der Waals surface area contributed by atoms with Gasteiger partial charge >= 0.3 is 6.09 Å². The van der Waals surface area contributed by atoms with Gasteiger partial charge in [-0.2, -0.15) is 0 Å². The third-order valence-corrected chi connectivity index (χ3v) is 6.80. The summed E-state index contributed by atoms with van der Waals surface area (Å²) in [7, 11) is 0. The summed E-state index contributed by atoms with van der Waals surface area (Å²) >= 11 is 3.62. The van der Waals surface area contributed by atoms with Crippen LogP contribution in [0.25, 0.3) is 0 Å². The van der Waals surface area contributed by atoms with Gasteiger partial charge in [-0.3, -0.25) is 4.99 Å². The molecule has 1 aromatic carbocycles. The molecule has 2 unspecified atom stereocenters. The Morgan fingerprint density at radius 1 is 1.12 bits per heavy atom. The normalized spacial score (nSPS) is 23.8. The number of fused-ring (bicyclic) bond motifs is 2. The summed E-state index contributed by atoms with van der Waals surface area (Å²) in [5.41, 5.74) is 2.93. The van der Waals surface area contributed by atoms with E-state index in [2.05, 4.69) is 58.1 Å². The van der Waals surface area contributed by atoms with E-state index < -0.39 is 5.60 Å². The molecule has 178 valence electrons. The molecule has 1 fully saturated rings. The molecule has 0 aromatic heterocycles. The monoisotopic (exact) mass is 514 g/mol. The average molecular weight is 515 g/mol. The molecule has 1 aromatic rings. The van der Waals surface area contributed by atoms with Crippen LogP contribution in [-0.2, 0) is 11.2 Å². The van der Waals surface area contributed by atoms with Crippen molar-refractivity contribution >= 4 is 39.3 Å². The summed E-state index contributed by atoms with van der Waals surface area (Å²) in [5, 5.41) is 0. The molecule has 0 bridgehead atoms. The highest BCUT2D eigenvalue weighted by Gasteiger charge is 2.32. The number of benzene rings is 1. The first-order valence-corrected chi connectivity index (χ1v) is 12.8. The molecule has 7 heteroatoms. The van der Waals surface area contributed by atoms with Crippen LogP contribution < -0.4 is 0 Å². The second kappa shape index (κ2) is 10.00. The highest BCUT2D eigenvalue weighted by atomic mass is 79.9. The molecular weight excluding hydrogens is 480 g/mol. The van der Waals surface area contributed by atoms with Crippen molar-refractivity contribution in [3.63, 3.8) is 0 Å². The lowest BCUT2D eigenvalue weighted by Crippen LogP contribution is -2.54. The molecular formula is C26H35BrN4O2. The maximum Gasteiger partial charge on any atom is 0.410 e. The maximum absolute atomic E-state index is 12.6. The van der Waals surface area contributed by atoms with Gasteiger partial charge < -0.3 is 14.5 Å². The van der Waals surface area contributed by atoms with E-state index in [1.165, 1.54) is 5.56 Å². The third-order valence-electron chi connectivity index (χ3n) is 6.31. The summed E-state index contributed by atoms with van der Waals surface area (Å²) in [4.78, 5) is 27.1. The molecule has 3 aliphatic rings. The lowest BCUT2D eigenvalue weighted by molar-refractivity contribution is 0.0188. The second-order valence-corrected chi connectivity index (χ2v) is 11.1. The number of piperazine rings is 1. The number of carbonyl (C=O) groups is 1. The number of allylic oxidation sites excluding steroid dienone is 1. The number of aliphatic imine (C=N–C) groups is 2. The fourth-order valence-corrected chi connectivity index (χ4v) is 4.92. The van der Waals surface area contributed by atoms with E-state index in [0.717, 1.165) is 60.5 Å². The summed E-state index contributed by atoms with van der Waals surface area (Å²) < 4.78 is 6.62. The quantitative estimate of drug-likeness (QED) is 0.412. The zero-order valence-corrected chi connectivity index (χ0v) is 21.8. The number of amides is 1. The first-order chi connectivity index (χ1) is 15.7. The maximum atomic E-state index is 12.6. The van der Waals surface area contributed by atoms with Crippen LogP contribution in [0.3, 0.4) is 0 Å². The summed E-state index contributed by atoms with van der Waals surface area (Å²) in [6, 6.07) is 6.63. The summed E-state index contributed by atoms with van der Waals surface area (Å²) in [6.45, 7) is 10.6. The molecule has 3 heterocycles. The predicted molar refractivity (Wildman–Crippen MR) is 138 cm³/mol. The molecule has 0 radical (unpaired) electrons. The first kappa shape index (κ1) is 24.0. The van der Waals surface area contributed by atoms with Gasteiger partial charge in [0.1, 0.15) is 5.60 Å². The van der Waals surface area contributed by atoms with E-state index in [4.69, 9.17) is 14.7 Å². The molecule has 0 aliphatic carbocycles. The van der Waals surface area contributed by atoms with Crippen molar-refractivity contribution in [2.75, 3.05) is 26.2 Å². The van der Waals surface area contributed by atoms with Gasteiger partial charge in [0.05, 0.1) is 17.4 Å². The predicted octanol–water partition coefficient (Wildman–Crippen LogP) is 5.77. The van der Waals surface area contributed by atoms with Crippen molar-refractivity contribution in [2.45, 2.75) is 65.0 Å². The van der Waals surface area contributed by atoms with E-state index in [1.54, 1.807) is 4.90 Å². The number of aryl methyl sites for hydroxylation is 1. The Bertz CT molecular complexity index is 971. The zero-order chi connectivity index (χ0) is 23.6. The number of nitrogens with zero attached hydrogens (tertiary/aromatic N) is 4. The Hall–Kier alpha value is -2.15. The molecule has 1 saturated heterocycles. The van der Waals surface area contributed by atoms with Crippen molar-refractivity contribution in [3.8, 4) is 0 Å². The number of rotatable bonds is 0. The number of carbonyl (C=O) groups excluding carboxylic acids is 1. The highest BCUT2D eigenvalue weighted by molar-refractivity contribution is 9.10. The van der Waals surface area contributed by atoms with Crippen LogP contribution in [0.2, 0.25) is 0 Å². The van der Waals surface area contributed by atoms with Crippen LogP contribution in [0.15, 0.2) is 44.8 Å². The minimum atomic E-state index is -0.487. The Balaban J connectivity index is 1.65. The van der Waals surface area contributed by atoms with Crippen molar-refractivity contribution in [1.82, 2.24) is 9.80 Å². The standard InChI is InChI=1S/C26H35BrN4O2/c1-18-7-5-6-8-20-10-9-19-11-12-21(27)17-22(19)29-24(23(20)28-18)30-13-15-31(16-14-30)25(32)33-26(2,3)4/h5-6,11-12,17-18,20H,7-10,13-16H2,1-4H3. The highest BCUT2D eigenvalue weighted by Crippen LogP contribution is 2.32. The van der Waals surface area contributed by atoms with Crippen molar-refractivity contribution in [1.29, 1.82) is 0 Å². The largest absolute Gasteiger partial charge is 0.444 e. The van der Waals surface area contributed by atoms with Gasteiger partial charge in [-0.25, -0.2) is 9.79 Å². The zero-order valence-electron chi connectivity index (χ0n) is 20.2. The van der Waals surface area contributed by atoms with E-state index in [0.29, 0.717) is 19.0 Å². The molecule has 3 aliphatic heterocycles. The minimum Gasteiger partial charge on any atom is -0.444 e. The van der Waals surface area contributed by atoms with Crippen molar-refractivity contribution < 1.29 is 9.53 Å². The SMILES string of the molecule is CC1CC=CCC2CCc3ccc(Br)cc3N=C(N3CCN(C(=O)OC(C)(C)C)CC3)C2=N1. The van der Waals surface area contributed by atoms with E-state index >= 15 is 0 Å². The molecule has 1 amide bonds. The molecule has 2 atom stereocenters. The van der Waals surface area contributed by atoms with Gasteiger partial charge in [0.25, 0.3) is 0 Å². The van der Waals surface area contributed by atoms with Crippen LogP contribution in [0.4, 0.5) is 10.5 Å². The number of amidine groups is 1. The van der Waals surface area contributed by atoms with Gasteiger partial charge in [-0.1, -0.05) is 34.1 Å². The summed E-state index contributed by atoms with van der Waals surface area (Å²) in [5.74, 6) is 1.33. The van der Waals surface area contributed by atoms with E-state index in [-0.39, 0.29) is 12.1 Å². The lowest BCUT2D eigenvalue weighted by atomic mass is 9.87. The Labute approximate surface area is 205 Å². The molecule has 6 nitrogen and oxygen atoms in total. The van der Waals surface area contributed by atoms with Crippen molar-refractivity contribution in [2.24, 2.45) is 15.9 Å². The number of ether oxygens (including phenoxy) is 1. The fourth-order valence-electron chi connectivity index (χ4n) is 4.57. The number of halogens is 1. The van der Waals surface area contributed by atoms with Crippen LogP contribution in [-0.4, -0.2) is 65.3 Å². The van der Waals surface area contributed by atoms with Crippen LogP contribution in [0, 0.1) is 5.92 Å². The van der Waals surface area contributed by atoms with Gasteiger partial charge in [-0.05, 0) is 71.1 Å². The van der Waals surface area contributed by atoms with Crippen LogP contribution >= 0.6 is 15.9 Å². The van der Waals surface area contributed by atoms with Crippen molar-refractivity contribution in [3.05, 3.63) is 40.4 Å². The summed E-state index contributed by atoms with van der Waals surface area (Å²) in [6.07, 6.45) is 8.35. The Morgan fingerprint density at radius 3 is 2.58 bits per heavy atom. The third kappa shape index (κ3) is 6.05. The minimum absolute atomic E-state index is 0.230. The molecule has 33 heavy (non-hydrogen) atoms. The number of hydrogen-bond donors (Lipinski definition) is 0. The lowest BCUT2D eigenvalue weighted by Gasteiger charge is -2.39. The number of hydrogen-bond acceptors (Lipinski definition) is 5.